The van der Waals surface area contributed by atoms with Crippen molar-refractivity contribution in [1.82, 2.24) is 0 Å². The Hall–Kier alpha value is -1.38. The maximum Gasteiger partial charge on any atom is 0.123 e. The number of aliphatic hydroxyl groups excluding tert-OH is 1. The fraction of sp³-hybridized carbons (Fsp3) is 0.520. The molecule has 0 bridgehead atoms. The zero-order chi connectivity index (χ0) is 19.1. The van der Waals surface area contributed by atoms with E-state index in [1.807, 2.05) is 0 Å². The summed E-state index contributed by atoms with van der Waals surface area (Å²) in [6.07, 6.45) is 5.91. The lowest BCUT2D eigenvalue weighted by molar-refractivity contribution is 0.0461. The zero-order valence-electron chi connectivity index (χ0n) is 17.1. The lowest BCUT2D eigenvalue weighted by Gasteiger charge is -2.45. The van der Waals surface area contributed by atoms with Crippen LogP contribution in [0.1, 0.15) is 52.9 Å². The van der Waals surface area contributed by atoms with Crippen molar-refractivity contribution >= 4 is 18.4 Å². The predicted molar refractivity (Wildman–Crippen MR) is 117 cm³/mol. The monoisotopic (exact) mass is 378 g/mol. The Morgan fingerprint density at radius 1 is 0.926 bits per heavy atom. The van der Waals surface area contributed by atoms with E-state index in [1.54, 1.807) is 10.4 Å². The molecule has 2 aliphatic carbocycles. The summed E-state index contributed by atoms with van der Waals surface area (Å²) in [6, 6.07) is 23.9. The smallest absolute Gasteiger partial charge is 0.123 e. The second-order valence-electron chi connectivity index (χ2n) is 9.99. The first-order chi connectivity index (χ1) is 12.9. The van der Waals surface area contributed by atoms with Gasteiger partial charge in [0.25, 0.3) is 0 Å². The van der Waals surface area contributed by atoms with Crippen LogP contribution in [0.15, 0.2) is 60.7 Å². The summed E-state index contributed by atoms with van der Waals surface area (Å²) in [5, 5.41) is 14.2. The summed E-state index contributed by atoms with van der Waals surface area (Å²) < 4.78 is 0. The van der Waals surface area contributed by atoms with Gasteiger partial charge in [0.1, 0.15) is 8.07 Å². The van der Waals surface area contributed by atoms with Crippen LogP contribution in [0.4, 0.5) is 0 Å². The maximum absolute atomic E-state index is 10.8. The Morgan fingerprint density at radius 3 is 1.96 bits per heavy atom. The molecule has 1 N–H and O–H groups in total. The van der Waals surface area contributed by atoms with Crippen LogP contribution in [-0.2, 0) is 0 Å². The second kappa shape index (κ2) is 6.90. The maximum atomic E-state index is 10.8. The molecule has 1 spiro atoms. The number of aliphatic hydroxyl groups is 1. The predicted octanol–water partition coefficient (Wildman–Crippen LogP) is 4.99. The molecular formula is C25H34OSi. The minimum Gasteiger partial charge on any atom is -0.393 e. The number of benzene rings is 2. The van der Waals surface area contributed by atoms with Gasteiger partial charge in [-0.1, -0.05) is 105 Å². The molecule has 2 aromatic carbocycles. The van der Waals surface area contributed by atoms with Crippen molar-refractivity contribution in [3.8, 4) is 0 Å². The van der Waals surface area contributed by atoms with Gasteiger partial charge >= 0.3 is 0 Å². The number of rotatable bonds is 4. The molecular weight excluding hydrogens is 344 g/mol. The van der Waals surface area contributed by atoms with E-state index >= 15 is 0 Å². The van der Waals surface area contributed by atoms with Gasteiger partial charge in [-0.05, 0) is 41.7 Å². The third-order valence-electron chi connectivity index (χ3n) is 7.68. The molecule has 144 valence electrons. The average Bonchev–Trinajstić information content (AvgIpc) is 3.36. The highest BCUT2D eigenvalue weighted by atomic mass is 28.3. The molecule has 0 amide bonds. The molecule has 0 aliphatic heterocycles. The SMILES string of the molecule is CC(C)(C)[Si](C[C@@H]1C[C@@]12CCCC[C@H]2O)(c1ccccc1)c1ccccc1. The summed E-state index contributed by atoms with van der Waals surface area (Å²) in [5.74, 6) is 0.680. The first-order valence-electron chi connectivity index (χ1n) is 10.7. The summed E-state index contributed by atoms with van der Waals surface area (Å²) >= 11 is 0. The Bertz CT molecular complexity index is 724. The van der Waals surface area contributed by atoms with Crippen LogP contribution >= 0.6 is 0 Å². The van der Waals surface area contributed by atoms with Gasteiger partial charge in [0.05, 0.1) is 6.10 Å². The molecule has 1 nitrogen and oxygen atoms in total. The lowest BCUT2D eigenvalue weighted by Crippen LogP contribution is -2.64. The van der Waals surface area contributed by atoms with Crippen molar-refractivity contribution in [3.63, 3.8) is 0 Å². The summed E-state index contributed by atoms with van der Waals surface area (Å²) in [7, 11) is -2.00. The first kappa shape index (κ1) is 19.0. The van der Waals surface area contributed by atoms with Gasteiger partial charge in [-0.3, -0.25) is 0 Å². The van der Waals surface area contributed by atoms with E-state index in [-0.39, 0.29) is 16.6 Å². The molecule has 2 aliphatic rings. The number of hydrogen-bond donors (Lipinski definition) is 1. The second-order valence-corrected chi connectivity index (χ2v) is 14.9. The van der Waals surface area contributed by atoms with Crippen molar-refractivity contribution in [1.29, 1.82) is 0 Å². The van der Waals surface area contributed by atoms with Crippen LogP contribution in [0.2, 0.25) is 11.1 Å². The topological polar surface area (TPSA) is 20.2 Å². The van der Waals surface area contributed by atoms with Crippen LogP contribution in [0, 0.1) is 11.3 Å². The van der Waals surface area contributed by atoms with Crippen LogP contribution < -0.4 is 10.4 Å². The Labute approximate surface area is 165 Å². The van der Waals surface area contributed by atoms with Crippen molar-refractivity contribution in [2.75, 3.05) is 0 Å². The molecule has 0 heterocycles. The molecule has 0 radical (unpaired) electrons. The molecule has 0 aromatic heterocycles. The van der Waals surface area contributed by atoms with Gasteiger partial charge in [-0.15, -0.1) is 0 Å². The fourth-order valence-corrected chi connectivity index (χ4v) is 12.0. The van der Waals surface area contributed by atoms with E-state index in [0.717, 1.165) is 6.42 Å². The zero-order valence-corrected chi connectivity index (χ0v) is 18.1. The van der Waals surface area contributed by atoms with Gasteiger partial charge in [-0.2, -0.15) is 0 Å². The Morgan fingerprint density at radius 2 is 1.48 bits per heavy atom. The van der Waals surface area contributed by atoms with Gasteiger partial charge in [0.2, 0.25) is 0 Å². The van der Waals surface area contributed by atoms with Crippen molar-refractivity contribution in [2.45, 2.75) is 70.1 Å². The normalized spacial score (nSPS) is 28.3. The molecule has 0 saturated heterocycles. The standard InChI is InChI=1S/C25H34OSi/c1-24(2,3)27(21-12-6-4-7-13-21,22-14-8-5-9-15-22)19-20-18-25(20)17-11-10-16-23(25)26/h4-9,12-15,20,23,26H,10-11,16-19H2,1-3H3/t20-,23+,25-/m0/s1. The van der Waals surface area contributed by atoms with Crippen molar-refractivity contribution in [2.24, 2.45) is 11.3 Å². The molecule has 0 unspecified atom stereocenters. The summed E-state index contributed by atoms with van der Waals surface area (Å²) in [4.78, 5) is 0. The lowest BCUT2D eigenvalue weighted by atomic mass is 9.82. The van der Waals surface area contributed by atoms with Gasteiger partial charge in [-0.25, -0.2) is 0 Å². The van der Waals surface area contributed by atoms with Gasteiger partial charge in [0, 0.05) is 0 Å². The average molecular weight is 379 g/mol. The molecule has 2 aromatic rings. The quantitative estimate of drug-likeness (QED) is 0.743. The summed E-state index contributed by atoms with van der Waals surface area (Å²) in [6.45, 7) is 7.35. The number of hydrogen-bond acceptors (Lipinski definition) is 1. The van der Waals surface area contributed by atoms with Crippen LogP contribution in [0.3, 0.4) is 0 Å². The fourth-order valence-electron chi connectivity index (χ4n) is 6.02. The molecule has 2 heteroatoms. The summed E-state index contributed by atoms with van der Waals surface area (Å²) in [5.41, 5.74) is 0.227. The van der Waals surface area contributed by atoms with E-state index in [2.05, 4.69) is 81.4 Å². The van der Waals surface area contributed by atoms with Crippen LogP contribution in [-0.4, -0.2) is 19.3 Å². The molecule has 4 rings (SSSR count). The van der Waals surface area contributed by atoms with E-state index < -0.39 is 8.07 Å². The van der Waals surface area contributed by atoms with Crippen LogP contribution in [0.5, 0.6) is 0 Å². The van der Waals surface area contributed by atoms with Crippen LogP contribution in [0.25, 0.3) is 0 Å². The highest BCUT2D eigenvalue weighted by Crippen LogP contribution is 2.65. The highest BCUT2D eigenvalue weighted by molar-refractivity contribution is 7.04. The largest absolute Gasteiger partial charge is 0.393 e. The van der Waals surface area contributed by atoms with E-state index in [9.17, 15) is 5.11 Å². The molecule has 2 saturated carbocycles. The van der Waals surface area contributed by atoms with E-state index in [0.29, 0.717) is 5.92 Å². The highest BCUT2D eigenvalue weighted by Gasteiger charge is 2.62. The Kier molecular flexibility index (Phi) is 4.84. The third-order valence-corrected chi connectivity index (χ3v) is 14.0. The molecule has 3 atom stereocenters. The third kappa shape index (κ3) is 3.11. The van der Waals surface area contributed by atoms with E-state index in [4.69, 9.17) is 0 Å². The minimum absolute atomic E-state index is 0.0746. The van der Waals surface area contributed by atoms with Crippen molar-refractivity contribution in [3.05, 3.63) is 60.7 Å². The Balaban J connectivity index is 1.79. The van der Waals surface area contributed by atoms with Crippen molar-refractivity contribution < 1.29 is 5.11 Å². The van der Waals surface area contributed by atoms with Gasteiger partial charge in [0.15, 0.2) is 0 Å². The minimum atomic E-state index is -2.00. The molecule has 2 fully saturated rings. The molecule has 27 heavy (non-hydrogen) atoms. The first-order valence-corrected chi connectivity index (χ1v) is 12.9. The van der Waals surface area contributed by atoms with E-state index in [1.165, 1.54) is 31.7 Å². The van der Waals surface area contributed by atoms with Gasteiger partial charge < -0.3 is 5.11 Å².